The lowest BCUT2D eigenvalue weighted by Gasteiger charge is -2.22. The van der Waals surface area contributed by atoms with Gasteiger partial charge in [-0.1, -0.05) is 58.9 Å². The van der Waals surface area contributed by atoms with Crippen LogP contribution >= 0.6 is 0 Å². The Bertz CT molecular complexity index is 928. The van der Waals surface area contributed by atoms with Crippen LogP contribution in [0.4, 0.5) is 0 Å². The Morgan fingerprint density at radius 3 is 2.10 bits per heavy atom. The van der Waals surface area contributed by atoms with Crippen molar-refractivity contribution in [3.8, 4) is 0 Å². The Balaban J connectivity index is 2.04. The molecule has 1 atom stereocenters. The van der Waals surface area contributed by atoms with Crippen molar-refractivity contribution in [3.05, 3.63) is 70.8 Å². The minimum atomic E-state index is -0.670. The van der Waals surface area contributed by atoms with Crippen LogP contribution in [0.25, 0.3) is 0 Å². The van der Waals surface area contributed by atoms with Gasteiger partial charge in [0.15, 0.2) is 0 Å². The first-order valence-corrected chi connectivity index (χ1v) is 10.5. The van der Waals surface area contributed by atoms with Gasteiger partial charge >= 0.3 is 0 Å². The van der Waals surface area contributed by atoms with Crippen molar-refractivity contribution in [2.45, 2.75) is 52.6 Å². The topological polar surface area (TPSA) is 87.3 Å². The Hall–Kier alpha value is -3.15. The average molecular weight is 424 g/mol. The third kappa shape index (κ3) is 6.67. The summed E-state index contributed by atoms with van der Waals surface area (Å²) in [6, 6.07) is 13.9. The number of carbonyl (C=O) groups excluding carboxylic acids is 3. The maximum absolute atomic E-state index is 12.8. The van der Waals surface area contributed by atoms with Gasteiger partial charge in [-0.25, -0.2) is 0 Å². The second-order valence-electron chi connectivity index (χ2n) is 9.02. The van der Waals surface area contributed by atoms with E-state index in [1.54, 1.807) is 37.4 Å². The molecule has 166 valence electrons. The van der Waals surface area contributed by atoms with Gasteiger partial charge in [0.25, 0.3) is 11.8 Å². The summed E-state index contributed by atoms with van der Waals surface area (Å²) in [5, 5.41) is 8.30. The number of amides is 3. The molecule has 0 aliphatic heterocycles. The van der Waals surface area contributed by atoms with Gasteiger partial charge in [-0.2, -0.15) is 0 Å². The van der Waals surface area contributed by atoms with Gasteiger partial charge in [-0.05, 0) is 46.7 Å². The van der Waals surface area contributed by atoms with E-state index in [0.29, 0.717) is 11.1 Å². The van der Waals surface area contributed by atoms with E-state index in [0.717, 1.165) is 11.1 Å². The third-order valence-corrected chi connectivity index (χ3v) is 5.13. The largest absolute Gasteiger partial charge is 0.355 e. The van der Waals surface area contributed by atoms with Crippen LogP contribution in [0.3, 0.4) is 0 Å². The zero-order chi connectivity index (χ0) is 23.2. The minimum absolute atomic E-state index is 0.00443. The van der Waals surface area contributed by atoms with Crippen LogP contribution in [0, 0.1) is 5.92 Å². The smallest absolute Gasteiger partial charge is 0.251 e. The maximum Gasteiger partial charge on any atom is 0.251 e. The van der Waals surface area contributed by atoms with E-state index in [9.17, 15) is 14.4 Å². The molecule has 0 radical (unpaired) electrons. The highest BCUT2D eigenvalue weighted by Gasteiger charge is 2.25. The molecule has 0 fully saturated rings. The van der Waals surface area contributed by atoms with E-state index in [-0.39, 0.29) is 35.6 Å². The van der Waals surface area contributed by atoms with Crippen molar-refractivity contribution >= 4 is 17.7 Å². The molecule has 6 heteroatoms. The summed E-state index contributed by atoms with van der Waals surface area (Å²) in [6.45, 7) is 10.4. The standard InChI is InChI=1S/C25H33N3O3/c1-16(2)21(28-23(30)18-10-12-20(13-11-18)25(3,4)5)24(31)27-15-17-8-7-9-19(14-17)22(29)26-6/h7-14,16,21H,15H2,1-6H3,(H,26,29)(H,27,31)(H,28,30). The molecule has 0 bridgehead atoms. The molecule has 0 aliphatic rings. The number of hydrogen-bond donors (Lipinski definition) is 3. The van der Waals surface area contributed by atoms with Crippen LogP contribution in [-0.2, 0) is 16.8 Å². The Morgan fingerprint density at radius 2 is 1.55 bits per heavy atom. The summed E-state index contributed by atoms with van der Waals surface area (Å²) in [5.74, 6) is -0.816. The lowest BCUT2D eigenvalue weighted by molar-refractivity contribution is -0.124. The first-order chi connectivity index (χ1) is 14.5. The fourth-order valence-electron chi connectivity index (χ4n) is 3.15. The summed E-state index contributed by atoms with van der Waals surface area (Å²) in [5.41, 5.74) is 3.00. The van der Waals surface area contributed by atoms with Crippen LogP contribution < -0.4 is 16.0 Å². The van der Waals surface area contributed by atoms with Crippen LogP contribution in [0.2, 0.25) is 0 Å². The molecular formula is C25H33N3O3. The molecule has 2 rings (SSSR count). The van der Waals surface area contributed by atoms with Gasteiger partial charge in [0.1, 0.15) is 6.04 Å². The predicted octanol–water partition coefficient (Wildman–Crippen LogP) is 3.41. The van der Waals surface area contributed by atoms with E-state index in [1.165, 1.54) is 0 Å². The van der Waals surface area contributed by atoms with Crippen molar-refractivity contribution in [2.75, 3.05) is 7.05 Å². The monoisotopic (exact) mass is 423 g/mol. The molecule has 3 N–H and O–H groups in total. The van der Waals surface area contributed by atoms with Gasteiger partial charge in [0.05, 0.1) is 0 Å². The summed E-state index contributed by atoms with van der Waals surface area (Å²) in [6.07, 6.45) is 0. The molecule has 0 heterocycles. The molecule has 2 aromatic rings. The zero-order valence-electron chi connectivity index (χ0n) is 19.2. The molecule has 1 unspecified atom stereocenters. The lowest BCUT2D eigenvalue weighted by atomic mass is 9.86. The van der Waals surface area contributed by atoms with E-state index < -0.39 is 6.04 Å². The molecule has 0 aliphatic carbocycles. The van der Waals surface area contributed by atoms with Gasteiger partial charge in [0, 0.05) is 24.7 Å². The number of nitrogens with one attached hydrogen (secondary N) is 3. The van der Waals surface area contributed by atoms with Crippen molar-refractivity contribution in [2.24, 2.45) is 5.92 Å². The number of carbonyl (C=O) groups is 3. The van der Waals surface area contributed by atoms with Crippen molar-refractivity contribution < 1.29 is 14.4 Å². The van der Waals surface area contributed by atoms with Gasteiger partial charge < -0.3 is 16.0 Å². The minimum Gasteiger partial charge on any atom is -0.355 e. The summed E-state index contributed by atoms with van der Waals surface area (Å²) >= 11 is 0. The molecule has 0 aromatic heterocycles. The number of hydrogen-bond acceptors (Lipinski definition) is 3. The fourth-order valence-corrected chi connectivity index (χ4v) is 3.15. The quantitative estimate of drug-likeness (QED) is 0.638. The summed E-state index contributed by atoms with van der Waals surface area (Å²) in [4.78, 5) is 37.3. The Kier molecular flexibility index (Phi) is 7.97. The van der Waals surface area contributed by atoms with Gasteiger partial charge in [0.2, 0.25) is 5.91 Å². The molecule has 0 saturated heterocycles. The van der Waals surface area contributed by atoms with Gasteiger partial charge in [-0.15, -0.1) is 0 Å². The normalized spacial score (nSPS) is 12.2. The fraction of sp³-hybridized carbons (Fsp3) is 0.400. The van der Waals surface area contributed by atoms with E-state index in [4.69, 9.17) is 0 Å². The highest BCUT2D eigenvalue weighted by Crippen LogP contribution is 2.22. The molecule has 2 aromatic carbocycles. The highest BCUT2D eigenvalue weighted by molar-refractivity contribution is 5.97. The number of rotatable bonds is 7. The highest BCUT2D eigenvalue weighted by atomic mass is 16.2. The SMILES string of the molecule is CNC(=O)c1cccc(CNC(=O)C(NC(=O)c2ccc(C(C)(C)C)cc2)C(C)C)c1. The first kappa shape index (κ1) is 24.1. The Morgan fingerprint density at radius 1 is 0.903 bits per heavy atom. The van der Waals surface area contributed by atoms with Gasteiger partial charge in [-0.3, -0.25) is 14.4 Å². The van der Waals surface area contributed by atoms with E-state index in [2.05, 4.69) is 36.7 Å². The van der Waals surface area contributed by atoms with Crippen LogP contribution in [-0.4, -0.2) is 30.8 Å². The van der Waals surface area contributed by atoms with Crippen molar-refractivity contribution in [1.82, 2.24) is 16.0 Å². The molecule has 3 amide bonds. The molecular weight excluding hydrogens is 390 g/mol. The van der Waals surface area contributed by atoms with Crippen LogP contribution in [0.15, 0.2) is 48.5 Å². The van der Waals surface area contributed by atoms with Crippen LogP contribution in [0.1, 0.15) is 66.5 Å². The second-order valence-corrected chi connectivity index (χ2v) is 9.02. The lowest BCUT2D eigenvalue weighted by Crippen LogP contribution is -2.49. The molecule has 31 heavy (non-hydrogen) atoms. The summed E-state index contributed by atoms with van der Waals surface area (Å²) in [7, 11) is 1.57. The Labute approximate surface area is 184 Å². The molecule has 0 spiro atoms. The predicted molar refractivity (Wildman–Crippen MR) is 123 cm³/mol. The first-order valence-electron chi connectivity index (χ1n) is 10.5. The van der Waals surface area contributed by atoms with E-state index in [1.807, 2.05) is 32.0 Å². The van der Waals surface area contributed by atoms with Crippen molar-refractivity contribution in [3.63, 3.8) is 0 Å². The van der Waals surface area contributed by atoms with Crippen LogP contribution in [0.5, 0.6) is 0 Å². The third-order valence-electron chi connectivity index (χ3n) is 5.13. The second kappa shape index (κ2) is 10.2. The number of benzene rings is 2. The maximum atomic E-state index is 12.8. The summed E-state index contributed by atoms with van der Waals surface area (Å²) < 4.78 is 0. The van der Waals surface area contributed by atoms with E-state index >= 15 is 0 Å². The van der Waals surface area contributed by atoms with Crippen molar-refractivity contribution in [1.29, 1.82) is 0 Å². The molecule has 6 nitrogen and oxygen atoms in total. The average Bonchev–Trinajstić information content (AvgIpc) is 2.74. The zero-order valence-corrected chi connectivity index (χ0v) is 19.2. The molecule has 0 saturated carbocycles.